The normalized spacial score (nSPS) is 10.9. The van der Waals surface area contributed by atoms with Crippen LogP contribution in [0.4, 0.5) is 0 Å². The van der Waals surface area contributed by atoms with E-state index in [1.54, 1.807) is 37.4 Å². The summed E-state index contributed by atoms with van der Waals surface area (Å²) in [5, 5.41) is 9.94. The molecule has 4 rings (SSSR count). The van der Waals surface area contributed by atoms with E-state index < -0.39 is 11.0 Å². The van der Waals surface area contributed by atoms with Gasteiger partial charge in [0.25, 0.3) is 5.56 Å². The molecular formula is C19H14N4O5. The van der Waals surface area contributed by atoms with Gasteiger partial charge in [-0.2, -0.15) is 15.4 Å². The number of hydrogen-bond donors (Lipinski definition) is 2. The van der Waals surface area contributed by atoms with Crippen molar-refractivity contribution >= 4 is 27.7 Å². The molecule has 9 nitrogen and oxygen atoms in total. The Labute approximate surface area is 156 Å². The molecule has 2 aromatic carbocycles. The highest BCUT2D eigenvalue weighted by Crippen LogP contribution is 2.18. The van der Waals surface area contributed by atoms with Gasteiger partial charge in [0, 0.05) is 5.56 Å². The molecule has 0 spiro atoms. The number of carbonyl (C=O) groups excluding carboxylic acids is 1. The van der Waals surface area contributed by atoms with Crippen molar-refractivity contribution in [1.82, 2.24) is 20.4 Å². The first kappa shape index (κ1) is 17.4. The number of nitrogens with one attached hydrogen (secondary N) is 2. The summed E-state index contributed by atoms with van der Waals surface area (Å²) in [5.74, 6) is 0.738. The Morgan fingerprint density at radius 2 is 1.71 bits per heavy atom. The van der Waals surface area contributed by atoms with Gasteiger partial charge in [0.05, 0.1) is 18.0 Å². The molecule has 0 fully saturated rings. The molecule has 140 valence electrons. The first-order valence-corrected chi connectivity index (χ1v) is 8.27. The lowest BCUT2D eigenvalue weighted by atomic mass is 10.1. The number of methoxy groups -OCH3 is 1. The van der Waals surface area contributed by atoms with Gasteiger partial charge in [-0.1, -0.05) is 0 Å². The monoisotopic (exact) mass is 378 g/mol. The zero-order valence-corrected chi connectivity index (χ0v) is 14.7. The van der Waals surface area contributed by atoms with Crippen LogP contribution in [0.1, 0.15) is 10.4 Å². The number of H-pyrrole nitrogens is 2. The van der Waals surface area contributed by atoms with Crippen LogP contribution in [-0.4, -0.2) is 39.9 Å². The first-order chi connectivity index (χ1) is 13.6. The van der Waals surface area contributed by atoms with E-state index in [1.807, 2.05) is 0 Å². The number of rotatable bonds is 5. The van der Waals surface area contributed by atoms with Crippen LogP contribution in [0.15, 0.2) is 52.1 Å². The van der Waals surface area contributed by atoms with E-state index in [9.17, 15) is 14.4 Å². The largest absolute Gasteiger partial charge is 0.497 e. The fraction of sp³-hybridized carbons (Fsp3) is 0.105. The number of aromatic amines is 2. The SMILES string of the molecule is COc1ccc(C(=O)COc2ccc3[nH]c(=O)c4n[nH]nc4c(=O)c3c2)cc1. The molecule has 2 N–H and O–H groups in total. The number of Topliss-reactive ketones (excluding diaryl/α,β-unsaturated/α-hetero) is 1. The quantitative estimate of drug-likeness (QED) is 0.503. The van der Waals surface area contributed by atoms with Crippen molar-refractivity contribution in [3.8, 4) is 11.5 Å². The third kappa shape index (κ3) is 3.09. The van der Waals surface area contributed by atoms with Crippen molar-refractivity contribution in [2.75, 3.05) is 13.7 Å². The molecule has 4 aromatic rings. The van der Waals surface area contributed by atoms with Crippen LogP contribution in [0.3, 0.4) is 0 Å². The van der Waals surface area contributed by atoms with Gasteiger partial charge in [-0.15, -0.1) is 0 Å². The zero-order valence-electron chi connectivity index (χ0n) is 14.7. The molecule has 0 aliphatic rings. The molecule has 0 amide bonds. The summed E-state index contributed by atoms with van der Waals surface area (Å²) in [6, 6.07) is 11.2. The molecule has 2 heterocycles. The fourth-order valence-electron chi connectivity index (χ4n) is 2.78. The summed E-state index contributed by atoms with van der Waals surface area (Å²) in [5.41, 5.74) is -0.334. The minimum Gasteiger partial charge on any atom is -0.497 e. The van der Waals surface area contributed by atoms with Crippen molar-refractivity contribution in [2.45, 2.75) is 0 Å². The number of carbonyl (C=O) groups is 1. The van der Waals surface area contributed by atoms with Gasteiger partial charge in [0.15, 0.2) is 23.4 Å². The lowest BCUT2D eigenvalue weighted by molar-refractivity contribution is 0.0921. The Hall–Kier alpha value is -4.01. The molecule has 0 aliphatic carbocycles. The summed E-state index contributed by atoms with van der Waals surface area (Å²) in [6.45, 7) is -0.207. The molecule has 0 saturated carbocycles. The fourth-order valence-corrected chi connectivity index (χ4v) is 2.78. The molecule has 0 atom stereocenters. The maximum atomic E-state index is 12.7. The van der Waals surface area contributed by atoms with E-state index in [0.717, 1.165) is 0 Å². The van der Waals surface area contributed by atoms with Crippen molar-refractivity contribution in [1.29, 1.82) is 0 Å². The Balaban J connectivity index is 1.64. The van der Waals surface area contributed by atoms with Crippen LogP contribution < -0.4 is 20.5 Å². The van der Waals surface area contributed by atoms with Crippen LogP contribution in [0, 0.1) is 0 Å². The Bertz CT molecular complexity index is 1310. The second-order valence-electron chi connectivity index (χ2n) is 5.95. The highest BCUT2D eigenvalue weighted by molar-refractivity contribution is 5.97. The van der Waals surface area contributed by atoms with E-state index in [2.05, 4.69) is 20.4 Å². The van der Waals surface area contributed by atoms with Gasteiger partial charge in [-0.3, -0.25) is 14.4 Å². The summed E-state index contributed by atoms with van der Waals surface area (Å²) >= 11 is 0. The summed E-state index contributed by atoms with van der Waals surface area (Å²) < 4.78 is 10.6. The minimum absolute atomic E-state index is 0.0669. The van der Waals surface area contributed by atoms with Gasteiger partial charge in [-0.05, 0) is 42.5 Å². The molecular weight excluding hydrogens is 364 g/mol. The molecule has 0 aliphatic heterocycles. The van der Waals surface area contributed by atoms with E-state index >= 15 is 0 Å². The maximum Gasteiger partial charge on any atom is 0.278 e. The lowest BCUT2D eigenvalue weighted by Gasteiger charge is -2.06. The number of benzene rings is 2. The van der Waals surface area contributed by atoms with Crippen LogP contribution in [-0.2, 0) is 0 Å². The third-order valence-corrected chi connectivity index (χ3v) is 4.24. The van der Waals surface area contributed by atoms with Crippen molar-refractivity contribution in [2.24, 2.45) is 0 Å². The lowest BCUT2D eigenvalue weighted by Crippen LogP contribution is -2.11. The first-order valence-electron chi connectivity index (χ1n) is 8.27. The van der Waals surface area contributed by atoms with Crippen LogP contribution >= 0.6 is 0 Å². The second kappa shape index (κ2) is 6.95. The van der Waals surface area contributed by atoms with E-state index in [-0.39, 0.29) is 28.8 Å². The van der Waals surface area contributed by atoms with Crippen LogP contribution in [0.2, 0.25) is 0 Å². The molecule has 0 radical (unpaired) electrons. The highest BCUT2D eigenvalue weighted by Gasteiger charge is 2.12. The second-order valence-corrected chi connectivity index (χ2v) is 5.95. The van der Waals surface area contributed by atoms with Crippen LogP contribution in [0.25, 0.3) is 21.9 Å². The molecule has 0 saturated heterocycles. The van der Waals surface area contributed by atoms with Gasteiger partial charge in [0.2, 0.25) is 5.43 Å². The number of nitrogens with zero attached hydrogens (tertiary/aromatic N) is 2. The minimum atomic E-state index is -0.529. The van der Waals surface area contributed by atoms with E-state index in [1.165, 1.54) is 12.1 Å². The van der Waals surface area contributed by atoms with Gasteiger partial charge >= 0.3 is 0 Å². The van der Waals surface area contributed by atoms with E-state index in [4.69, 9.17) is 9.47 Å². The number of fused-ring (bicyclic) bond motifs is 2. The van der Waals surface area contributed by atoms with Gasteiger partial charge in [0.1, 0.15) is 11.5 Å². The Morgan fingerprint density at radius 1 is 1.00 bits per heavy atom. The number of hydrogen-bond acceptors (Lipinski definition) is 7. The smallest absolute Gasteiger partial charge is 0.278 e. The predicted octanol–water partition coefficient (Wildman–Crippen LogP) is 1.43. The average Bonchev–Trinajstić information content (AvgIpc) is 3.19. The van der Waals surface area contributed by atoms with Crippen molar-refractivity contribution in [3.05, 3.63) is 68.6 Å². The topological polar surface area (TPSA) is 127 Å². The van der Waals surface area contributed by atoms with Crippen molar-refractivity contribution < 1.29 is 14.3 Å². The summed E-state index contributed by atoms with van der Waals surface area (Å²) in [4.78, 5) is 39.7. The molecule has 28 heavy (non-hydrogen) atoms. The molecule has 0 bridgehead atoms. The third-order valence-electron chi connectivity index (χ3n) is 4.24. The van der Waals surface area contributed by atoms with Gasteiger partial charge in [-0.25, -0.2) is 0 Å². The Kier molecular flexibility index (Phi) is 4.32. The maximum absolute atomic E-state index is 12.7. The summed E-state index contributed by atoms with van der Waals surface area (Å²) in [7, 11) is 1.55. The molecule has 9 heteroatoms. The van der Waals surface area contributed by atoms with Crippen LogP contribution in [0.5, 0.6) is 11.5 Å². The Morgan fingerprint density at radius 3 is 2.46 bits per heavy atom. The standard InChI is InChI=1S/C19H14N4O5/c1-27-11-4-2-10(3-5-11)15(24)9-28-12-6-7-14-13(8-12)18(25)16-17(19(26)20-14)22-23-21-16/h2-8H,9H2,1H3,(H,20,26)(H,21,22,23). The zero-order chi connectivity index (χ0) is 19.7. The average molecular weight is 378 g/mol. The van der Waals surface area contributed by atoms with E-state index in [0.29, 0.717) is 22.6 Å². The number of ketones is 1. The van der Waals surface area contributed by atoms with Gasteiger partial charge < -0.3 is 14.5 Å². The number of ether oxygens (including phenoxy) is 2. The summed E-state index contributed by atoms with van der Waals surface area (Å²) in [6.07, 6.45) is 0. The van der Waals surface area contributed by atoms with Crippen molar-refractivity contribution in [3.63, 3.8) is 0 Å². The molecule has 0 unspecified atom stereocenters. The highest BCUT2D eigenvalue weighted by atomic mass is 16.5. The predicted molar refractivity (Wildman–Crippen MR) is 101 cm³/mol. The molecule has 2 aromatic heterocycles. The number of aromatic nitrogens is 4.